The van der Waals surface area contributed by atoms with Crippen LogP contribution in [0, 0.1) is 12.3 Å². The molecule has 1 aromatic carbocycles. The minimum absolute atomic E-state index is 0.0764. The fraction of sp³-hybridized carbons (Fsp3) is 0.308. The van der Waals surface area contributed by atoms with Crippen molar-refractivity contribution in [1.82, 2.24) is 10.2 Å². The van der Waals surface area contributed by atoms with Crippen LogP contribution >= 0.6 is 11.6 Å². The lowest BCUT2D eigenvalue weighted by molar-refractivity contribution is -0.121. The molecule has 0 bridgehead atoms. The molecule has 0 fully saturated rings. The number of benzene rings is 1. The van der Waals surface area contributed by atoms with Crippen molar-refractivity contribution in [2.45, 2.75) is 6.54 Å². The molecule has 1 amide bonds. The summed E-state index contributed by atoms with van der Waals surface area (Å²) in [5, 5.41) is 3.32. The normalized spacial score (nSPS) is 10.0. The zero-order valence-corrected chi connectivity index (χ0v) is 10.5. The first kappa shape index (κ1) is 13.6. The van der Waals surface area contributed by atoms with E-state index in [9.17, 15) is 4.79 Å². The van der Waals surface area contributed by atoms with E-state index in [-0.39, 0.29) is 12.5 Å². The minimum Gasteiger partial charge on any atom is -0.344 e. The van der Waals surface area contributed by atoms with Crippen molar-refractivity contribution in [1.29, 1.82) is 0 Å². The lowest BCUT2D eigenvalue weighted by Crippen LogP contribution is -2.34. The van der Waals surface area contributed by atoms with Gasteiger partial charge in [-0.15, -0.1) is 6.42 Å². The van der Waals surface area contributed by atoms with Gasteiger partial charge >= 0.3 is 0 Å². The van der Waals surface area contributed by atoms with Gasteiger partial charge in [0.05, 0.1) is 13.1 Å². The van der Waals surface area contributed by atoms with Crippen LogP contribution in [0.25, 0.3) is 0 Å². The Balaban J connectivity index is 2.42. The SMILES string of the molecule is C#CCNC(=O)CN(C)Cc1cccc(Cl)c1. The van der Waals surface area contributed by atoms with Gasteiger partial charge in [0.2, 0.25) is 5.91 Å². The van der Waals surface area contributed by atoms with Gasteiger partial charge in [-0.25, -0.2) is 0 Å². The fourth-order valence-electron chi connectivity index (χ4n) is 1.45. The third-order valence-corrected chi connectivity index (χ3v) is 2.38. The van der Waals surface area contributed by atoms with E-state index < -0.39 is 0 Å². The molecular formula is C13H15ClN2O. The monoisotopic (exact) mass is 250 g/mol. The number of rotatable bonds is 5. The highest BCUT2D eigenvalue weighted by atomic mass is 35.5. The molecule has 0 saturated carbocycles. The van der Waals surface area contributed by atoms with Gasteiger partial charge in [0.25, 0.3) is 0 Å². The molecular weight excluding hydrogens is 236 g/mol. The van der Waals surface area contributed by atoms with Gasteiger partial charge in [-0.05, 0) is 24.7 Å². The van der Waals surface area contributed by atoms with Gasteiger partial charge in [-0.2, -0.15) is 0 Å². The van der Waals surface area contributed by atoms with Crippen LogP contribution < -0.4 is 5.32 Å². The molecule has 0 spiro atoms. The number of halogens is 1. The highest BCUT2D eigenvalue weighted by molar-refractivity contribution is 6.30. The summed E-state index contributed by atoms with van der Waals surface area (Å²) in [5.74, 6) is 2.28. The second-order valence-corrected chi connectivity index (χ2v) is 4.22. The van der Waals surface area contributed by atoms with Crippen LogP contribution in [0.1, 0.15) is 5.56 Å². The van der Waals surface area contributed by atoms with Crippen LogP contribution in [-0.4, -0.2) is 30.9 Å². The Bertz CT molecular complexity index is 426. The van der Waals surface area contributed by atoms with Gasteiger partial charge in [0.1, 0.15) is 0 Å². The first-order chi connectivity index (χ1) is 8.11. The van der Waals surface area contributed by atoms with Crippen LogP contribution in [0.15, 0.2) is 24.3 Å². The van der Waals surface area contributed by atoms with Crippen LogP contribution in [-0.2, 0) is 11.3 Å². The second-order valence-electron chi connectivity index (χ2n) is 3.78. The predicted molar refractivity (Wildman–Crippen MR) is 69.6 cm³/mol. The fourth-order valence-corrected chi connectivity index (χ4v) is 1.67. The topological polar surface area (TPSA) is 32.3 Å². The molecule has 4 heteroatoms. The number of carbonyl (C=O) groups is 1. The maximum Gasteiger partial charge on any atom is 0.234 e. The molecule has 3 nitrogen and oxygen atoms in total. The number of carbonyl (C=O) groups excluding carboxylic acids is 1. The molecule has 0 radical (unpaired) electrons. The van der Waals surface area contributed by atoms with Crippen molar-refractivity contribution in [3.05, 3.63) is 34.9 Å². The van der Waals surface area contributed by atoms with E-state index in [1.165, 1.54) is 0 Å². The molecule has 1 N–H and O–H groups in total. The van der Waals surface area contributed by atoms with E-state index in [2.05, 4.69) is 11.2 Å². The lowest BCUT2D eigenvalue weighted by atomic mass is 10.2. The van der Waals surface area contributed by atoms with E-state index in [1.54, 1.807) is 0 Å². The number of nitrogens with zero attached hydrogens (tertiary/aromatic N) is 1. The maximum absolute atomic E-state index is 11.4. The Morgan fingerprint density at radius 1 is 1.59 bits per heavy atom. The molecule has 0 unspecified atom stereocenters. The number of likely N-dealkylation sites (N-methyl/N-ethyl adjacent to an activating group) is 1. The number of amides is 1. The van der Waals surface area contributed by atoms with E-state index in [0.717, 1.165) is 5.56 Å². The molecule has 0 atom stereocenters. The van der Waals surface area contributed by atoms with Crippen molar-refractivity contribution in [3.63, 3.8) is 0 Å². The summed E-state index contributed by atoms with van der Waals surface area (Å²) in [4.78, 5) is 13.3. The van der Waals surface area contributed by atoms with Crippen molar-refractivity contribution < 1.29 is 4.79 Å². The average molecular weight is 251 g/mol. The average Bonchev–Trinajstić information content (AvgIpc) is 2.26. The molecule has 0 heterocycles. The summed E-state index contributed by atoms with van der Waals surface area (Å²) >= 11 is 5.88. The third-order valence-electron chi connectivity index (χ3n) is 2.14. The van der Waals surface area contributed by atoms with Crippen molar-refractivity contribution >= 4 is 17.5 Å². The Morgan fingerprint density at radius 2 is 2.35 bits per heavy atom. The van der Waals surface area contributed by atoms with E-state index >= 15 is 0 Å². The maximum atomic E-state index is 11.4. The van der Waals surface area contributed by atoms with Crippen LogP contribution in [0.5, 0.6) is 0 Å². The molecule has 0 saturated heterocycles. The van der Waals surface area contributed by atoms with Gasteiger partial charge in [-0.1, -0.05) is 29.7 Å². The van der Waals surface area contributed by atoms with Crippen molar-refractivity contribution in [2.24, 2.45) is 0 Å². The summed E-state index contributed by atoms with van der Waals surface area (Å²) in [6.07, 6.45) is 5.05. The van der Waals surface area contributed by atoms with Gasteiger partial charge in [-0.3, -0.25) is 9.69 Å². The summed E-state index contributed by atoms with van der Waals surface area (Å²) in [5.41, 5.74) is 1.07. The summed E-state index contributed by atoms with van der Waals surface area (Å²) in [6, 6.07) is 7.58. The zero-order chi connectivity index (χ0) is 12.7. The summed E-state index contributed by atoms with van der Waals surface area (Å²) in [7, 11) is 1.87. The van der Waals surface area contributed by atoms with E-state index in [4.69, 9.17) is 18.0 Å². The zero-order valence-electron chi connectivity index (χ0n) is 9.74. The van der Waals surface area contributed by atoms with Crippen LogP contribution in [0.4, 0.5) is 0 Å². The standard InChI is InChI=1S/C13H15ClN2O/c1-3-7-15-13(17)10-16(2)9-11-5-4-6-12(14)8-11/h1,4-6,8H,7,9-10H2,2H3,(H,15,17). The molecule has 17 heavy (non-hydrogen) atoms. The molecule has 1 rings (SSSR count). The van der Waals surface area contributed by atoms with E-state index in [1.807, 2.05) is 36.2 Å². The quantitative estimate of drug-likeness (QED) is 0.804. The van der Waals surface area contributed by atoms with Crippen LogP contribution in [0.2, 0.25) is 5.02 Å². The molecule has 0 aliphatic carbocycles. The highest BCUT2D eigenvalue weighted by Gasteiger charge is 2.06. The summed E-state index contributed by atoms with van der Waals surface area (Å²) < 4.78 is 0. The van der Waals surface area contributed by atoms with Gasteiger partial charge < -0.3 is 5.32 Å². The van der Waals surface area contributed by atoms with Crippen molar-refractivity contribution in [2.75, 3.05) is 20.1 Å². The Morgan fingerprint density at radius 3 is 3.00 bits per heavy atom. The summed E-state index contributed by atoms with van der Waals surface area (Å²) in [6.45, 7) is 1.25. The first-order valence-electron chi connectivity index (χ1n) is 5.25. The predicted octanol–water partition coefficient (Wildman–Crippen LogP) is 1.52. The highest BCUT2D eigenvalue weighted by Crippen LogP contribution is 2.11. The second kappa shape index (κ2) is 6.95. The smallest absolute Gasteiger partial charge is 0.234 e. The lowest BCUT2D eigenvalue weighted by Gasteiger charge is -2.15. The first-order valence-corrected chi connectivity index (χ1v) is 5.62. The van der Waals surface area contributed by atoms with Gasteiger partial charge in [0, 0.05) is 11.6 Å². The van der Waals surface area contributed by atoms with Crippen LogP contribution in [0.3, 0.4) is 0 Å². The number of hydrogen-bond acceptors (Lipinski definition) is 2. The number of hydrogen-bond donors (Lipinski definition) is 1. The Hall–Kier alpha value is -1.50. The Kier molecular flexibility index (Phi) is 5.55. The third kappa shape index (κ3) is 5.39. The van der Waals surface area contributed by atoms with Gasteiger partial charge in [0.15, 0.2) is 0 Å². The van der Waals surface area contributed by atoms with E-state index in [0.29, 0.717) is 18.1 Å². The molecule has 0 aromatic heterocycles. The number of terminal acetylenes is 1. The molecule has 90 valence electrons. The molecule has 0 aliphatic heterocycles. The molecule has 1 aromatic rings. The minimum atomic E-state index is -0.0764. The molecule has 0 aliphatic rings. The Labute approximate surface area is 107 Å². The van der Waals surface area contributed by atoms with Crippen molar-refractivity contribution in [3.8, 4) is 12.3 Å². The number of nitrogens with one attached hydrogen (secondary N) is 1. The largest absolute Gasteiger partial charge is 0.344 e.